The number of carbonyl (C=O) groups excluding carboxylic acids is 1. The highest BCUT2D eigenvalue weighted by Crippen LogP contribution is 2.33. The zero-order chi connectivity index (χ0) is 21.9. The van der Waals surface area contributed by atoms with E-state index in [0.29, 0.717) is 29.6 Å². The predicted octanol–water partition coefficient (Wildman–Crippen LogP) is 2.69. The molecule has 162 valence electrons. The first-order valence-electron chi connectivity index (χ1n) is 9.29. The zero-order valence-corrected chi connectivity index (χ0v) is 18.6. The maximum atomic E-state index is 13.1. The first kappa shape index (κ1) is 22.4. The standard InChI is InChI=1S/C20H24ClN3O5S/c1-23(2)19-15(21)5-4-6-16(19)22-20(25)14-7-8-17(28-3)18(13-14)30(26,27)24-9-11-29-12-10-24/h4-8,13H,9-12H2,1-3H3,(H,22,25). The van der Waals surface area contributed by atoms with Gasteiger partial charge in [0.2, 0.25) is 10.0 Å². The first-order chi connectivity index (χ1) is 14.3. The summed E-state index contributed by atoms with van der Waals surface area (Å²) in [6, 6.07) is 9.52. The summed E-state index contributed by atoms with van der Waals surface area (Å²) in [4.78, 5) is 14.6. The summed E-state index contributed by atoms with van der Waals surface area (Å²) in [6.45, 7) is 1.14. The number of hydrogen-bond donors (Lipinski definition) is 1. The van der Waals surface area contributed by atoms with Gasteiger partial charge in [-0.15, -0.1) is 0 Å². The Morgan fingerprint density at radius 1 is 1.20 bits per heavy atom. The van der Waals surface area contributed by atoms with Crippen molar-refractivity contribution >= 4 is 38.9 Å². The zero-order valence-electron chi connectivity index (χ0n) is 17.0. The highest BCUT2D eigenvalue weighted by atomic mass is 35.5. The monoisotopic (exact) mass is 453 g/mol. The second kappa shape index (κ2) is 9.22. The number of halogens is 1. The quantitative estimate of drug-likeness (QED) is 0.723. The Morgan fingerprint density at radius 3 is 2.53 bits per heavy atom. The van der Waals surface area contributed by atoms with Crippen LogP contribution < -0.4 is 15.0 Å². The number of anilines is 2. The van der Waals surface area contributed by atoms with E-state index in [9.17, 15) is 13.2 Å². The SMILES string of the molecule is COc1ccc(C(=O)Nc2cccc(Cl)c2N(C)C)cc1S(=O)(=O)N1CCOCC1. The molecule has 0 atom stereocenters. The van der Waals surface area contributed by atoms with Crippen LogP contribution in [-0.2, 0) is 14.8 Å². The third kappa shape index (κ3) is 4.54. The molecular weight excluding hydrogens is 430 g/mol. The van der Waals surface area contributed by atoms with Crippen molar-refractivity contribution in [1.29, 1.82) is 0 Å². The van der Waals surface area contributed by atoms with Crippen molar-refractivity contribution < 1.29 is 22.7 Å². The molecule has 1 saturated heterocycles. The van der Waals surface area contributed by atoms with Gasteiger partial charge in [0.1, 0.15) is 10.6 Å². The summed E-state index contributed by atoms with van der Waals surface area (Å²) in [5, 5.41) is 3.30. The molecule has 0 bridgehead atoms. The lowest BCUT2D eigenvalue weighted by Crippen LogP contribution is -2.40. The molecular formula is C20H24ClN3O5S. The lowest BCUT2D eigenvalue weighted by atomic mass is 10.2. The number of sulfonamides is 1. The van der Waals surface area contributed by atoms with E-state index < -0.39 is 15.9 Å². The Morgan fingerprint density at radius 2 is 1.90 bits per heavy atom. The van der Waals surface area contributed by atoms with Crippen molar-refractivity contribution in [3.63, 3.8) is 0 Å². The van der Waals surface area contributed by atoms with Crippen LogP contribution in [0.3, 0.4) is 0 Å². The van der Waals surface area contributed by atoms with Gasteiger partial charge in [0.25, 0.3) is 5.91 Å². The Bertz CT molecular complexity index is 1040. The number of methoxy groups -OCH3 is 1. The minimum absolute atomic E-state index is 0.0570. The molecule has 1 aliphatic rings. The topological polar surface area (TPSA) is 88.2 Å². The van der Waals surface area contributed by atoms with E-state index in [1.54, 1.807) is 23.1 Å². The van der Waals surface area contributed by atoms with E-state index in [2.05, 4.69) is 5.32 Å². The molecule has 0 unspecified atom stereocenters. The van der Waals surface area contributed by atoms with Gasteiger partial charge < -0.3 is 19.7 Å². The van der Waals surface area contributed by atoms with Crippen LogP contribution in [0.2, 0.25) is 5.02 Å². The van der Waals surface area contributed by atoms with Gasteiger partial charge in [-0.1, -0.05) is 17.7 Å². The highest BCUT2D eigenvalue weighted by Gasteiger charge is 2.30. The van der Waals surface area contributed by atoms with Gasteiger partial charge in [0.15, 0.2) is 0 Å². The van der Waals surface area contributed by atoms with Crippen molar-refractivity contribution in [2.45, 2.75) is 4.90 Å². The second-order valence-corrected chi connectivity index (χ2v) is 9.18. The van der Waals surface area contributed by atoms with Gasteiger partial charge >= 0.3 is 0 Å². The Balaban J connectivity index is 1.95. The van der Waals surface area contributed by atoms with Crippen LogP contribution in [0, 0.1) is 0 Å². The van der Waals surface area contributed by atoms with Crippen molar-refractivity contribution in [2.75, 3.05) is 57.7 Å². The Labute approximate surface area is 181 Å². The average molecular weight is 454 g/mol. The van der Waals surface area contributed by atoms with E-state index in [0.717, 1.165) is 0 Å². The molecule has 10 heteroatoms. The number of nitrogens with one attached hydrogen (secondary N) is 1. The number of carbonyl (C=O) groups is 1. The van der Waals surface area contributed by atoms with Crippen molar-refractivity contribution in [3.8, 4) is 5.75 Å². The summed E-state index contributed by atoms with van der Waals surface area (Å²) in [6.07, 6.45) is 0. The molecule has 1 heterocycles. The molecule has 1 amide bonds. The highest BCUT2D eigenvalue weighted by molar-refractivity contribution is 7.89. The number of para-hydroxylation sites is 1. The molecule has 2 aromatic carbocycles. The summed E-state index contributed by atoms with van der Waals surface area (Å²) < 4.78 is 38.1. The number of morpholine rings is 1. The Kier molecular flexibility index (Phi) is 6.87. The van der Waals surface area contributed by atoms with Crippen LogP contribution in [0.1, 0.15) is 10.4 Å². The molecule has 0 aliphatic carbocycles. The number of ether oxygens (including phenoxy) is 2. The molecule has 0 saturated carbocycles. The lowest BCUT2D eigenvalue weighted by molar-refractivity contribution is 0.0729. The summed E-state index contributed by atoms with van der Waals surface area (Å²) >= 11 is 6.26. The molecule has 1 fully saturated rings. The molecule has 8 nitrogen and oxygen atoms in total. The molecule has 30 heavy (non-hydrogen) atoms. The fourth-order valence-corrected chi connectivity index (χ4v) is 5.14. The molecule has 0 spiro atoms. The Hall–Kier alpha value is -2.33. The van der Waals surface area contributed by atoms with Crippen LogP contribution >= 0.6 is 11.6 Å². The normalized spacial score (nSPS) is 14.9. The molecule has 1 aliphatic heterocycles. The van der Waals surface area contributed by atoms with Gasteiger partial charge in [0, 0.05) is 32.7 Å². The largest absolute Gasteiger partial charge is 0.495 e. The number of hydrogen-bond acceptors (Lipinski definition) is 6. The van der Waals surface area contributed by atoms with Crippen LogP contribution in [0.5, 0.6) is 5.75 Å². The van der Waals surface area contributed by atoms with E-state index in [4.69, 9.17) is 21.1 Å². The third-order valence-electron chi connectivity index (χ3n) is 4.70. The van der Waals surface area contributed by atoms with Gasteiger partial charge in [-0.25, -0.2) is 8.42 Å². The smallest absolute Gasteiger partial charge is 0.255 e. The maximum absolute atomic E-state index is 13.1. The van der Waals surface area contributed by atoms with E-state index in [1.165, 1.54) is 29.6 Å². The van der Waals surface area contributed by atoms with Gasteiger partial charge in [-0.3, -0.25) is 4.79 Å². The molecule has 0 aromatic heterocycles. The van der Waals surface area contributed by atoms with Gasteiger partial charge in [0.05, 0.1) is 36.7 Å². The summed E-state index contributed by atoms with van der Waals surface area (Å²) in [7, 11) is 1.18. The van der Waals surface area contributed by atoms with Crippen molar-refractivity contribution in [1.82, 2.24) is 4.31 Å². The van der Waals surface area contributed by atoms with Crippen LogP contribution in [-0.4, -0.2) is 66.1 Å². The molecule has 1 N–H and O–H groups in total. The predicted molar refractivity (Wildman–Crippen MR) is 116 cm³/mol. The number of amides is 1. The maximum Gasteiger partial charge on any atom is 0.255 e. The minimum Gasteiger partial charge on any atom is -0.495 e. The van der Waals surface area contributed by atoms with Gasteiger partial charge in [-0.2, -0.15) is 4.31 Å². The van der Waals surface area contributed by atoms with Crippen LogP contribution in [0.4, 0.5) is 11.4 Å². The number of nitrogens with zero attached hydrogens (tertiary/aromatic N) is 2. The fraction of sp³-hybridized carbons (Fsp3) is 0.350. The van der Waals surface area contributed by atoms with Gasteiger partial charge in [-0.05, 0) is 30.3 Å². The first-order valence-corrected chi connectivity index (χ1v) is 11.1. The molecule has 3 rings (SSSR count). The molecule has 2 aromatic rings. The lowest BCUT2D eigenvalue weighted by Gasteiger charge is -2.26. The van der Waals surface area contributed by atoms with E-state index >= 15 is 0 Å². The fourth-order valence-electron chi connectivity index (χ4n) is 3.21. The van der Waals surface area contributed by atoms with Crippen molar-refractivity contribution in [2.24, 2.45) is 0 Å². The average Bonchev–Trinajstić information content (AvgIpc) is 2.73. The second-order valence-electron chi connectivity index (χ2n) is 6.87. The summed E-state index contributed by atoms with van der Waals surface area (Å²) in [5.41, 5.74) is 1.36. The molecule has 0 radical (unpaired) electrons. The number of rotatable bonds is 6. The minimum atomic E-state index is -3.84. The van der Waals surface area contributed by atoms with Crippen molar-refractivity contribution in [3.05, 3.63) is 47.0 Å². The van der Waals surface area contributed by atoms with Crippen LogP contribution in [0.15, 0.2) is 41.3 Å². The van der Waals surface area contributed by atoms with Crippen LogP contribution in [0.25, 0.3) is 0 Å². The number of benzene rings is 2. The van der Waals surface area contributed by atoms with E-state index in [1.807, 2.05) is 14.1 Å². The van der Waals surface area contributed by atoms with E-state index in [-0.39, 0.29) is 29.3 Å². The summed E-state index contributed by atoms with van der Waals surface area (Å²) in [5.74, 6) is -0.281. The third-order valence-corrected chi connectivity index (χ3v) is 6.92.